The van der Waals surface area contributed by atoms with Crippen LogP contribution in [0.15, 0.2) is 5.38 Å². The lowest BCUT2D eigenvalue weighted by Gasteiger charge is -2.17. The zero-order valence-corrected chi connectivity index (χ0v) is 9.06. The summed E-state index contributed by atoms with van der Waals surface area (Å²) in [6, 6.07) is 0. The van der Waals surface area contributed by atoms with Crippen molar-refractivity contribution in [2.45, 2.75) is 25.3 Å². The number of ketones is 1. The lowest BCUT2D eigenvalue weighted by atomic mass is 9.97. The van der Waals surface area contributed by atoms with Gasteiger partial charge in [-0.15, -0.1) is 11.3 Å². The summed E-state index contributed by atoms with van der Waals surface area (Å²) in [7, 11) is 0. The number of Topliss-reactive ketones (excluding diaryl/α,β-unsaturated/α-hetero) is 1. The Morgan fingerprint density at radius 1 is 1.53 bits per heavy atom. The van der Waals surface area contributed by atoms with E-state index in [9.17, 15) is 9.59 Å². The number of rotatable bonds is 2. The largest absolute Gasteiger partial charge is 0.480 e. The molecule has 1 atom stereocenters. The van der Waals surface area contributed by atoms with Crippen molar-refractivity contribution in [2.75, 3.05) is 0 Å². The molecule has 0 spiro atoms. The third-order valence-corrected chi connectivity index (χ3v) is 3.90. The van der Waals surface area contributed by atoms with Gasteiger partial charge in [-0.05, 0) is 23.4 Å². The van der Waals surface area contributed by atoms with Crippen LogP contribution >= 0.6 is 11.3 Å². The minimum Gasteiger partial charge on any atom is -0.480 e. The number of thiophene rings is 1. The molecule has 1 aromatic rings. The predicted octanol–water partition coefficient (Wildman–Crippen LogP) is 0.831. The molecule has 0 aromatic carbocycles. The van der Waals surface area contributed by atoms with Crippen molar-refractivity contribution in [2.24, 2.45) is 5.73 Å². The fourth-order valence-electron chi connectivity index (χ4n) is 1.92. The first kappa shape index (κ1) is 10.3. The number of hydrogen-bond donors (Lipinski definition) is 2. The van der Waals surface area contributed by atoms with E-state index >= 15 is 0 Å². The SMILES string of the molecule is CC(=O)c1scc2c1CC(N)(C(=O)O)C2. The molecule has 4 nitrogen and oxygen atoms in total. The van der Waals surface area contributed by atoms with E-state index in [1.807, 2.05) is 5.38 Å². The van der Waals surface area contributed by atoms with Crippen LogP contribution in [0, 0.1) is 0 Å². The topological polar surface area (TPSA) is 80.4 Å². The summed E-state index contributed by atoms with van der Waals surface area (Å²) in [6.45, 7) is 1.49. The first-order valence-electron chi connectivity index (χ1n) is 4.56. The molecule has 1 unspecified atom stereocenters. The van der Waals surface area contributed by atoms with Crippen LogP contribution in [0.3, 0.4) is 0 Å². The number of carbonyl (C=O) groups excluding carboxylic acids is 1. The summed E-state index contributed by atoms with van der Waals surface area (Å²) >= 11 is 1.37. The summed E-state index contributed by atoms with van der Waals surface area (Å²) in [5.74, 6) is -1.02. The third-order valence-electron chi connectivity index (χ3n) is 2.72. The molecule has 0 fully saturated rings. The maximum absolute atomic E-state index is 11.3. The molecule has 1 aromatic heterocycles. The van der Waals surface area contributed by atoms with E-state index in [0.717, 1.165) is 11.1 Å². The van der Waals surface area contributed by atoms with Crippen LogP contribution in [0.5, 0.6) is 0 Å². The van der Waals surface area contributed by atoms with E-state index in [1.54, 1.807) is 0 Å². The second kappa shape index (κ2) is 3.15. The molecule has 15 heavy (non-hydrogen) atoms. The molecule has 1 aliphatic rings. The Morgan fingerprint density at radius 3 is 2.73 bits per heavy atom. The normalized spacial score (nSPS) is 23.9. The van der Waals surface area contributed by atoms with Gasteiger partial charge in [0, 0.05) is 12.8 Å². The van der Waals surface area contributed by atoms with Gasteiger partial charge in [0.2, 0.25) is 0 Å². The summed E-state index contributed by atoms with van der Waals surface area (Å²) in [6.07, 6.45) is 0.581. The summed E-state index contributed by atoms with van der Waals surface area (Å²) in [5, 5.41) is 10.8. The Hall–Kier alpha value is -1.20. The van der Waals surface area contributed by atoms with Gasteiger partial charge in [0.15, 0.2) is 5.78 Å². The van der Waals surface area contributed by atoms with Crippen LogP contribution in [0.1, 0.15) is 27.7 Å². The van der Waals surface area contributed by atoms with Gasteiger partial charge < -0.3 is 10.8 Å². The van der Waals surface area contributed by atoms with Crippen LogP contribution in [-0.2, 0) is 17.6 Å². The Labute approximate surface area is 90.7 Å². The number of carboxylic acids is 1. The zero-order chi connectivity index (χ0) is 11.2. The third kappa shape index (κ3) is 1.48. The highest BCUT2D eigenvalue weighted by Crippen LogP contribution is 2.35. The van der Waals surface area contributed by atoms with Crippen LogP contribution in [0.25, 0.3) is 0 Å². The lowest BCUT2D eigenvalue weighted by molar-refractivity contribution is -0.142. The molecule has 0 radical (unpaired) electrons. The van der Waals surface area contributed by atoms with Gasteiger partial charge in [0.05, 0.1) is 4.88 Å². The van der Waals surface area contributed by atoms with Crippen molar-refractivity contribution in [3.8, 4) is 0 Å². The van der Waals surface area contributed by atoms with E-state index in [2.05, 4.69) is 0 Å². The highest BCUT2D eigenvalue weighted by Gasteiger charge is 2.42. The van der Waals surface area contributed by atoms with E-state index in [0.29, 0.717) is 11.3 Å². The first-order chi connectivity index (χ1) is 6.94. The summed E-state index contributed by atoms with van der Waals surface area (Å²) in [4.78, 5) is 22.9. The van der Waals surface area contributed by atoms with E-state index in [-0.39, 0.29) is 12.2 Å². The predicted molar refractivity (Wildman–Crippen MR) is 56.3 cm³/mol. The van der Waals surface area contributed by atoms with Crippen molar-refractivity contribution in [1.29, 1.82) is 0 Å². The average molecular weight is 225 g/mol. The Bertz CT molecular complexity index is 452. The molecule has 0 aliphatic heterocycles. The van der Waals surface area contributed by atoms with E-state index in [4.69, 9.17) is 10.8 Å². The highest BCUT2D eigenvalue weighted by atomic mass is 32.1. The molecule has 80 valence electrons. The van der Waals surface area contributed by atoms with Crippen molar-refractivity contribution >= 4 is 23.1 Å². The standard InChI is InChI=1S/C10H11NO3S/c1-5(12)8-7-3-10(11,9(13)14)2-6(7)4-15-8/h4H,2-3,11H2,1H3,(H,13,14). The molecule has 2 rings (SSSR count). The molecular formula is C10H11NO3S. The van der Waals surface area contributed by atoms with E-state index in [1.165, 1.54) is 18.3 Å². The monoisotopic (exact) mass is 225 g/mol. The number of hydrogen-bond acceptors (Lipinski definition) is 4. The minimum absolute atomic E-state index is 0.0177. The molecule has 3 N–H and O–H groups in total. The van der Waals surface area contributed by atoms with Crippen LogP contribution in [0.2, 0.25) is 0 Å². The summed E-state index contributed by atoms with van der Waals surface area (Å²) in [5.41, 5.74) is 6.28. The van der Waals surface area contributed by atoms with Crippen molar-refractivity contribution < 1.29 is 14.7 Å². The molecule has 5 heteroatoms. The number of aliphatic carboxylic acids is 1. The molecule has 0 bridgehead atoms. The van der Waals surface area contributed by atoms with Gasteiger partial charge in [0.25, 0.3) is 0 Å². The van der Waals surface area contributed by atoms with Gasteiger partial charge in [0.1, 0.15) is 5.54 Å². The smallest absolute Gasteiger partial charge is 0.324 e. The van der Waals surface area contributed by atoms with Gasteiger partial charge in [-0.3, -0.25) is 9.59 Å². The molecular weight excluding hydrogens is 214 g/mol. The van der Waals surface area contributed by atoms with Crippen molar-refractivity contribution in [3.63, 3.8) is 0 Å². The zero-order valence-electron chi connectivity index (χ0n) is 8.24. The number of nitrogens with two attached hydrogens (primary N) is 1. The van der Waals surface area contributed by atoms with Crippen molar-refractivity contribution in [3.05, 3.63) is 21.4 Å². The average Bonchev–Trinajstić information content (AvgIpc) is 2.60. The fourth-order valence-corrected chi connectivity index (χ4v) is 2.92. The van der Waals surface area contributed by atoms with Gasteiger partial charge >= 0.3 is 5.97 Å². The number of carbonyl (C=O) groups is 2. The second-order valence-electron chi connectivity index (χ2n) is 3.94. The Balaban J connectivity index is 2.40. The molecule has 0 saturated heterocycles. The molecule has 1 aliphatic carbocycles. The highest BCUT2D eigenvalue weighted by molar-refractivity contribution is 7.12. The van der Waals surface area contributed by atoms with Crippen LogP contribution in [0.4, 0.5) is 0 Å². The second-order valence-corrected chi connectivity index (χ2v) is 4.82. The van der Waals surface area contributed by atoms with Crippen molar-refractivity contribution in [1.82, 2.24) is 0 Å². The quantitative estimate of drug-likeness (QED) is 0.730. The van der Waals surface area contributed by atoms with Gasteiger partial charge in [-0.25, -0.2) is 0 Å². The van der Waals surface area contributed by atoms with Crippen LogP contribution in [-0.4, -0.2) is 22.4 Å². The van der Waals surface area contributed by atoms with Crippen LogP contribution < -0.4 is 5.73 Å². The maximum Gasteiger partial charge on any atom is 0.324 e. The number of carboxylic acid groups (broad SMARTS) is 1. The Morgan fingerprint density at radius 2 is 2.20 bits per heavy atom. The van der Waals surface area contributed by atoms with E-state index < -0.39 is 11.5 Å². The minimum atomic E-state index is -1.22. The summed E-state index contributed by atoms with van der Waals surface area (Å²) < 4.78 is 0. The maximum atomic E-state index is 11.3. The fraction of sp³-hybridized carbons (Fsp3) is 0.400. The molecule has 0 saturated carbocycles. The molecule has 0 amide bonds. The number of fused-ring (bicyclic) bond motifs is 1. The molecule has 1 heterocycles. The lowest BCUT2D eigenvalue weighted by Crippen LogP contribution is -2.48. The van der Waals surface area contributed by atoms with Gasteiger partial charge in [-0.1, -0.05) is 0 Å². The van der Waals surface area contributed by atoms with Gasteiger partial charge in [-0.2, -0.15) is 0 Å². The Kier molecular flexibility index (Phi) is 2.17. The first-order valence-corrected chi connectivity index (χ1v) is 5.44.